The van der Waals surface area contributed by atoms with E-state index in [2.05, 4.69) is 15.6 Å². The Labute approximate surface area is 187 Å². The summed E-state index contributed by atoms with van der Waals surface area (Å²) < 4.78 is 29.3. The Bertz CT molecular complexity index is 1050. The lowest BCUT2D eigenvalue weighted by atomic mass is 9.82. The molecule has 0 spiro atoms. The summed E-state index contributed by atoms with van der Waals surface area (Å²) in [7, 11) is -1.87. The van der Waals surface area contributed by atoms with Crippen LogP contribution >= 0.6 is 11.6 Å². The molecule has 3 rings (SSSR count). The van der Waals surface area contributed by atoms with Gasteiger partial charge in [0.05, 0.1) is 5.02 Å². The highest BCUT2D eigenvalue weighted by Crippen LogP contribution is 2.29. The van der Waals surface area contributed by atoms with E-state index in [-0.39, 0.29) is 33.6 Å². The van der Waals surface area contributed by atoms with E-state index in [4.69, 9.17) is 11.6 Å². The van der Waals surface area contributed by atoms with Gasteiger partial charge in [-0.2, -0.15) is 0 Å². The van der Waals surface area contributed by atoms with Crippen LogP contribution in [-0.4, -0.2) is 26.8 Å². The predicted molar refractivity (Wildman–Crippen MR) is 115 cm³/mol. The lowest BCUT2D eigenvalue weighted by molar-refractivity contribution is -0.671. The van der Waals surface area contributed by atoms with Gasteiger partial charge in [-0.15, -0.1) is 0 Å². The average molecular weight is 466 g/mol. The van der Waals surface area contributed by atoms with Gasteiger partial charge in [-0.3, -0.25) is 20.4 Å². The van der Waals surface area contributed by atoms with E-state index in [0.29, 0.717) is 37.8 Å². The highest BCUT2D eigenvalue weighted by Gasteiger charge is 2.28. The molecular formula is C21H26ClN4O4S+. The highest BCUT2D eigenvalue weighted by atomic mass is 35.5. The number of nitrogens with one attached hydrogen (secondary N) is 3. The molecule has 1 heterocycles. The van der Waals surface area contributed by atoms with Gasteiger partial charge in [-0.25, -0.2) is 17.7 Å². The summed E-state index contributed by atoms with van der Waals surface area (Å²) in [6, 6.07) is 9.72. The van der Waals surface area contributed by atoms with E-state index in [1.54, 1.807) is 35.0 Å². The second-order valence-electron chi connectivity index (χ2n) is 7.70. The zero-order valence-corrected chi connectivity index (χ0v) is 18.7. The lowest BCUT2D eigenvalue weighted by Gasteiger charge is -2.27. The number of aromatic nitrogens is 1. The number of hydrazine groups is 1. The molecule has 2 amide bonds. The van der Waals surface area contributed by atoms with Crippen LogP contribution in [0.3, 0.4) is 0 Å². The molecular weight excluding hydrogens is 440 g/mol. The molecule has 1 aromatic carbocycles. The number of nitrogens with zero attached hydrogens (tertiary/aromatic N) is 1. The molecule has 1 saturated carbocycles. The molecule has 8 nitrogen and oxygen atoms in total. The maximum atomic E-state index is 12.5. The molecule has 10 heteroatoms. The molecule has 3 N–H and O–H groups in total. The SMILES string of the molecule is C[n+]1cccc(C(=O)NNC(=O)C2CCC(CNS(=O)(=O)c3ccccc3Cl)CC2)c1. The third-order valence-corrected chi connectivity index (χ3v) is 7.33. The molecule has 2 aromatic rings. The number of benzene rings is 1. The van der Waals surface area contributed by atoms with Crippen LogP contribution in [0.5, 0.6) is 0 Å². The third-order valence-electron chi connectivity index (χ3n) is 5.41. The predicted octanol–water partition coefficient (Wildman–Crippen LogP) is 1.71. The Morgan fingerprint density at radius 3 is 2.45 bits per heavy atom. The van der Waals surface area contributed by atoms with E-state index in [1.165, 1.54) is 12.1 Å². The van der Waals surface area contributed by atoms with E-state index in [1.807, 2.05) is 13.2 Å². The number of hydrogen-bond donors (Lipinski definition) is 3. The van der Waals surface area contributed by atoms with E-state index in [9.17, 15) is 18.0 Å². The minimum absolute atomic E-state index is 0.0625. The second-order valence-corrected chi connectivity index (χ2v) is 9.84. The van der Waals surface area contributed by atoms with E-state index < -0.39 is 10.0 Å². The average Bonchev–Trinajstić information content (AvgIpc) is 2.76. The van der Waals surface area contributed by atoms with E-state index in [0.717, 1.165) is 0 Å². The fourth-order valence-corrected chi connectivity index (χ4v) is 5.25. The molecule has 0 aliphatic heterocycles. The maximum Gasteiger partial charge on any atom is 0.275 e. The van der Waals surface area contributed by atoms with Crippen molar-refractivity contribution in [2.45, 2.75) is 30.6 Å². The summed E-state index contributed by atoms with van der Waals surface area (Å²) in [6.45, 7) is 0.295. The van der Waals surface area contributed by atoms with Crippen LogP contribution in [0.2, 0.25) is 5.02 Å². The van der Waals surface area contributed by atoms with Gasteiger partial charge in [0.25, 0.3) is 5.91 Å². The zero-order valence-electron chi connectivity index (χ0n) is 17.2. The highest BCUT2D eigenvalue weighted by molar-refractivity contribution is 7.89. The molecule has 1 aliphatic rings. The van der Waals surface area contributed by atoms with Gasteiger partial charge >= 0.3 is 0 Å². The Kier molecular flexibility index (Phi) is 7.64. The monoisotopic (exact) mass is 465 g/mol. The molecule has 0 saturated heterocycles. The summed E-state index contributed by atoms with van der Waals surface area (Å²) >= 11 is 5.99. The number of pyridine rings is 1. The van der Waals surface area contributed by atoms with Gasteiger partial charge in [-0.1, -0.05) is 23.7 Å². The van der Waals surface area contributed by atoms with Gasteiger partial charge in [0.2, 0.25) is 15.9 Å². The minimum atomic E-state index is -3.68. The Morgan fingerprint density at radius 2 is 1.77 bits per heavy atom. The number of hydrogen-bond acceptors (Lipinski definition) is 4. The van der Waals surface area contributed by atoms with Gasteiger partial charge in [0.1, 0.15) is 17.5 Å². The molecule has 0 bridgehead atoms. The van der Waals surface area contributed by atoms with Crippen molar-refractivity contribution in [3.63, 3.8) is 0 Å². The number of amides is 2. The number of sulfonamides is 1. The van der Waals surface area contributed by atoms with Crippen LogP contribution in [0.25, 0.3) is 0 Å². The fourth-order valence-electron chi connectivity index (χ4n) is 3.61. The molecule has 0 atom stereocenters. The fraction of sp³-hybridized carbons (Fsp3) is 0.381. The van der Waals surface area contributed by atoms with Gasteiger partial charge in [0.15, 0.2) is 12.4 Å². The molecule has 1 aliphatic carbocycles. The van der Waals surface area contributed by atoms with Crippen LogP contribution in [0.15, 0.2) is 53.7 Å². The third kappa shape index (κ3) is 6.25. The number of rotatable bonds is 6. The Balaban J connectivity index is 1.43. The van der Waals surface area contributed by atoms with E-state index >= 15 is 0 Å². The molecule has 31 heavy (non-hydrogen) atoms. The van der Waals surface area contributed by atoms with Crippen molar-refractivity contribution < 1.29 is 22.6 Å². The van der Waals surface area contributed by atoms with Gasteiger partial charge < -0.3 is 0 Å². The molecule has 0 radical (unpaired) electrons. The lowest BCUT2D eigenvalue weighted by Crippen LogP contribution is -2.46. The summed E-state index contributed by atoms with van der Waals surface area (Å²) in [4.78, 5) is 24.6. The van der Waals surface area contributed by atoms with Crippen molar-refractivity contribution in [2.24, 2.45) is 18.9 Å². The topological polar surface area (TPSA) is 108 Å². The first-order chi connectivity index (χ1) is 14.8. The van der Waals surface area contributed by atoms with Crippen LogP contribution in [0, 0.1) is 11.8 Å². The number of carbonyl (C=O) groups excluding carboxylic acids is 2. The van der Waals surface area contributed by atoms with Crippen molar-refractivity contribution in [3.8, 4) is 0 Å². The smallest absolute Gasteiger partial charge is 0.273 e. The van der Waals surface area contributed by atoms with Crippen molar-refractivity contribution in [1.82, 2.24) is 15.6 Å². The molecule has 166 valence electrons. The van der Waals surface area contributed by atoms with Gasteiger partial charge in [-0.05, 0) is 49.8 Å². The van der Waals surface area contributed by atoms with Crippen molar-refractivity contribution >= 4 is 33.4 Å². The second kappa shape index (κ2) is 10.2. The first kappa shape index (κ1) is 23.2. The summed E-state index contributed by atoms with van der Waals surface area (Å²) in [5, 5.41) is 0.182. The molecule has 0 unspecified atom stereocenters. The van der Waals surface area contributed by atoms with Gasteiger partial charge in [0, 0.05) is 18.5 Å². The largest absolute Gasteiger partial charge is 0.275 e. The quantitative estimate of drug-likeness (QED) is 0.445. The summed E-state index contributed by atoms with van der Waals surface area (Å²) in [5.74, 6) is -0.695. The first-order valence-electron chi connectivity index (χ1n) is 10.1. The van der Waals surface area contributed by atoms with Crippen LogP contribution in [0.1, 0.15) is 36.0 Å². The Hall–Kier alpha value is -2.49. The maximum absolute atomic E-state index is 12.5. The van der Waals surface area contributed by atoms with Crippen molar-refractivity contribution in [2.75, 3.05) is 6.54 Å². The molecule has 1 aromatic heterocycles. The number of carbonyl (C=O) groups is 2. The van der Waals surface area contributed by atoms with Crippen LogP contribution in [-0.2, 0) is 21.9 Å². The first-order valence-corrected chi connectivity index (χ1v) is 11.9. The number of aryl methyl sites for hydroxylation is 1. The number of halogens is 1. The molecule has 1 fully saturated rings. The van der Waals surface area contributed by atoms with Crippen molar-refractivity contribution in [1.29, 1.82) is 0 Å². The van der Waals surface area contributed by atoms with Crippen molar-refractivity contribution in [3.05, 3.63) is 59.4 Å². The zero-order chi connectivity index (χ0) is 22.4. The summed E-state index contributed by atoms with van der Waals surface area (Å²) in [6.07, 6.45) is 6.15. The standard InChI is InChI=1S/C21H25ClN4O4S/c1-26-12-4-5-17(14-26)21(28)25-24-20(27)16-10-8-15(9-11-16)13-23-31(29,30)19-7-3-2-6-18(19)22/h2-7,12,14-16,23H,8-11,13H2,1H3,(H-,24,25,27,28)/p+1. The summed E-state index contributed by atoms with van der Waals surface area (Å²) in [5.41, 5.74) is 5.39. The minimum Gasteiger partial charge on any atom is -0.273 e. The van der Waals surface area contributed by atoms with Crippen LogP contribution < -0.4 is 20.1 Å². The van der Waals surface area contributed by atoms with Crippen LogP contribution in [0.4, 0.5) is 0 Å². The Morgan fingerprint density at radius 1 is 1.06 bits per heavy atom. The normalized spacial score (nSPS) is 18.9.